The van der Waals surface area contributed by atoms with E-state index in [9.17, 15) is 31.1 Å². The lowest BCUT2D eigenvalue weighted by Crippen LogP contribution is -2.21. The van der Waals surface area contributed by atoms with E-state index in [0.717, 1.165) is 5.38 Å². The van der Waals surface area contributed by atoms with Gasteiger partial charge in [-0.1, -0.05) is 6.07 Å². The quantitative estimate of drug-likeness (QED) is 0.771. The van der Waals surface area contributed by atoms with Crippen LogP contribution in [0.15, 0.2) is 29.8 Å². The molecule has 0 atom stereocenters. The molecule has 0 radical (unpaired) electrons. The first-order valence-electron chi connectivity index (χ1n) is 5.96. The maximum atomic E-state index is 12.3. The molecule has 0 aliphatic rings. The number of hydrogen-bond donors (Lipinski definition) is 2. The highest BCUT2D eigenvalue weighted by atomic mass is 32.1. The normalized spacial score (nSPS) is 11.3. The van der Waals surface area contributed by atoms with Gasteiger partial charge in [0.05, 0.1) is 0 Å². The number of nitrogens with zero attached hydrogens (tertiary/aromatic N) is 2. The number of carboxylic acid groups (broad SMARTS) is 1. The van der Waals surface area contributed by atoms with E-state index in [4.69, 9.17) is 9.90 Å². The fourth-order valence-corrected chi connectivity index (χ4v) is 1.83. The van der Waals surface area contributed by atoms with Gasteiger partial charge in [0.1, 0.15) is 5.69 Å². The van der Waals surface area contributed by atoms with Crippen LogP contribution in [0.1, 0.15) is 16.2 Å². The number of aliphatic carboxylic acids is 1. The molecule has 0 aliphatic carbocycles. The summed E-state index contributed by atoms with van der Waals surface area (Å²) < 4.78 is 68.6. The molecular weight excluding hydrogens is 380 g/mol. The molecule has 0 saturated carbocycles. The molecule has 136 valence electrons. The summed E-state index contributed by atoms with van der Waals surface area (Å²) in [7, 11) is 0. The van der Waals surface area contributed by atoms with Crippen LogP contribution in [0.4, 0.5) is 31.5 Å². The third kappa shape index (κ3) is 6.74. The van der Waals surface area contributed by atoms with Crippen molar-refractivity contribution in [3.8, 4) is 0 Å². The summed E-state index contributed by atoms with van der Waals surface area (Å²) in [6.07, 6.45) is -8.18. The lowest BCUT2D eigenvalue weighted by atomic mass is 10.3. The molecule has 0 aliphatic heterocycles. The number of amides is 1. The SMILES string of the molecule is O=C(Nc1nc(C(F)(F)F)cs1)c1ccccn1.O=C(O)C(F)(F)F. The predicted molar refractivity (Wildman–Crippen MR) is 73.0 cm³/mol. The molecule has 0 aromatic carbocycles. The molecule has 0 spiro atoms. The molecule has 2 aromatic rings. The van der Waals surface area contributed by atoms with Gasteiger partial charge in [-0.05, 0) is 12.1 Å². The fourth-order valence-electron chi connectivity index (χ4n) is 1.12. The highest BCUT2D eigenvalue weighted by molar-refractivity contribution is 7.14. The number of halogens is 6. The Morgan fingerprint density at radius 3 is 2.12 bits per heavy atom. The van der Waals surface area contributed by atoms with Crippen molar-refractivity contribution < 1.29 is 41.0 Å². The average Bonchev–Trinajstić information content (AvgIpc) is 2.96. The zero-order valence-electron chi connectivity index (χ0n) is 11.7. The second kappa shape index (κ2) is 7.92. The number of pyridine rings is 1. The van der Waals surface area contributed by atoms with Gasteiger partial charge >= 0.3 is 18.3 Å². The lowest BCUT2D eigenvalue weighted by molar-refractivity contribution is -0.192. The van der Waals surface area contributed by atoms with E-state index in [1.165, 1.54) is 12.3 Å². The Hall–Kier alpha value is -2.70. The van der Waals surface area contributed by atoms with Crippen LogP contribution in [0.3, 0.4) is 0 Å². The highest BCUT2D eigenvalue weighted by Gasteiger charge is 2.38. The fraction of sp³-hybridized carbons (Fsp3) is 0.167. The first-order valence-corrected chi connectivity index (χ1v) is 6.84. The molecule has 1 amide bonds. The number of hydrogen-bond acceptors (Lipinski definition) is 5. The Morgan fingerprint density at radius 2 is 1.72 bits per heavy atom. The van der Waals surface area contributed by atoms with Gasteiger partial charge in [0, 0.05) is 11.6 Å². The van der Waals surface area contributed by atoms with Gasteiger partial charge < -0.3 is 5.11 Å². The number of aromatic nitrogens is 2. The lowest BCUT2D eigenvalue weighted by Gasteiger charge is -2.01. The van der Waals surface area contributed by atoms with Gasteiger partial charge in [0.15, 0.2) is 10.8 Å². The second-order valence-corrected chi connectivity index (χ2v) is 4.87. The van der Waals surface area contributed by atoms with Crippen LogP contribution in [0, 0.1) is 0 Å². The molecule has 2 rings (SSSR count). The maximum Gasteiger partial charge on any atom is 0.490 e. The van der Waals surface area contributed by atoms with E-state index in [1.54, 1.807) is 12.1 Å². The van der Waals surface area contributed by atoms with Gasteiger partial charge in [-0.2, -0.15) is 26.3 Å². The Bertz CT molecular complexity index is 730. The van der Waals surface area contributed by atoms with Crippen LogP contribution >= 0.6 is 11.3 Å². The van der Waals surface area contributed by atoms with E-state index in [-0.39, 0.29) is 10.8 Å². The number of anilines is 1. The summed E-state index contributed by atoms with van der Waals surface area (Å²) >= 11 is 0.709. The first kappa shape index (κ1) is 20.3. The van der Waals surface area contributed by atoms with Crippen LogP contribution in [-0.2, 0) is 11.0 Å². The Kier molecular flexibility index (Phi) is 6.44. The molecule has 0 unspecified atom stereocenters. The average molecular weight is 387 g/mol. The van der Waals surface area contributed by atoms with Gasteiger partial charge in [0.2, 0.25) is 0 Å². The zero-order valence-corrected chi connectivity index (χ0v) is 12.5. The number of rotatable bonds is 2. The van der Waals surface area contributed by atoms with Crippen LogP contribution in [0.5, 0.6) is 0 Å². The smallest absolute Gasteiger partial charge is 0.475 e. The maximum absolute atomic E-state index is 12.3. The molecule has 13 heteroatoms. The van der Waals surface area contributed by atoms with Crippen LogP contribution in [0.25, 0.3) is 0 Å². The molecule has 2 heterocycles. The van der Waals surface area contributed by atoms with Crippen molar-refractivity contribution in [3.05, 3.63) is 41.2 Å². The van der Waals surface area contributed by atoms with Gasteiger partial charge in [-0.3, -0.25) is 15.1 Å². The molecule has 0 saturated heterocycles. The number of nitrogens with one attached hydrogen (secondary N) is 1. The first-order chi connectivity index (χ1) is 11.4. The minimum Gasteiger partial charge on any atom is -0.475 e. The Balaban J connectivity index is 0.000000381. The number of carbonyl (C=O) groups is 2. The van der Waals surface area contributed by atoms with Crippen LogP contribution < -0.4 is 5.32 Å². The molecular formula is C12H7F6N3O3S. The van der Waals surface area contributed by atoms with E-state index in [1.807, 2.05) is 0 Å². The molecule has 6 nitrogen and oxygen atoms in total. The van der Waals surface area contributed by atoms with Crippen molar-refractivity contribution in [2.75, 3.05) is 5.32 Å². The van der Waals surface area contributed by atoms with E-state index in [0.29, 0.717) is 11.3 Å². The number of carbonyl (C=O) groups excluding carboxylic acids is 1. The van der Waals surface area contributed by atoms with Gasteiger partial charge in [-0.15, -0.1) is 11.3 Å². The number of thiazole rings is 1. The minimum atomic E-state index is -5.08. The molecule has 0 bridgehead atoms. The number of alkyl halides is 6. The summed E-state index contributed by atoms with van der Waals surface area (Å²) in [6.45, 7) is 0. The van der Waals surface area contributed by atoms with E-state index < -0.39 is 29.9 Å². The summed E-state index contributed by atoms with van der Waals surface area (Å²) in [6, 6.07) is 4.68. The van der Waals surface area contributed by atoms with Crippen molar-refractivity contribution in [2.24, 2.45) is 0 Å². The molecule has 0 fully saturated rings. The number of carboxylic acids is 1. The van der Waals surface area contributed by atoms with Crippen LogP contribution in [-0.4, -0.2) is 33.1 Å². The van der Waals surface area contributed by atoms with Crippen molar-refractivity contribution in [3.63, 3.8) is 0 Å². The van der Waals surface area contributed by atoms with Crippen molar-refractivity contribution in [1.82, 2.24) is 9.97 Å². The van der Waals surface area contributed by atoms with Crippen molar-refractivity contribution >= 4 is 28.3 Å². The molecule has 2 N–H and O–H groups in total. The van der Waals surface area contributed by atoms with Gasteiger partial charge in [0.25, 0.3) is 5.91 Å². The summed E-state index contributed by atoms with van der Waals surface area (Å²) in [5, 5.41) is 10.1. The van der Waals surface area contributed by atoms with E-state index >= 15 is 0 Å². The van der Waals surface area contributed by atoms with E-state index in [2.05, 4.69) is 15.3 Å². The monoisotopic (exact) mass is 387 g/mol. The zero-order chi connectivity index (χ0) is 19.3. The second-order valence-electron chi connectivity index (χ2n) is 4.01. The third-order valence-electron chi connectivity index (χ3n) is 2.16. The Labute approximate surface area is 139 Å². The minimum absolute atomic E-state index is 0.112. The predicted octanol–water partition coefficient (Wildman–Crippen LogP) is 3.44. The summed E-state index contributed by atoms with van der Waals surface area (Å²) in [4.78, 5) is 27.5. The highest BCUT2D eigenvalue weighted by Crippen LogP contribution is 2.31. The molecule has 25 heavy (non-hydrogen) atoms. The topological polar surface area (TPSA) is 92.2 Å². The van der Waals surface area contributed by atoms with Crippen LogP contribution in [0.2, 0.25) is 0 Å². The third-order valence-corrected chi connectivity index (χ3v) is 2.91. The largest absolute Gasteiger partial charge is 0.490 e. The van der Waals surface area contributed by atoms with Crippen molar-refractivity contribution in [1.29, 1.82) is 0 Å². The summed E-state index contributed by atoms with van der Waals surface area (Å²) in [5.74, 6) is -3.36. The van der Waals surface area contributed by atoms with Gasteiger partial charge in [-0.25, -0.2) is 9.78 Å². The standard InChI is InChI=1S/C10H6F3N3OS.C2HF3O2/c11-10(12,13)7-5-18-9(15-7)16-8(17)6-3-1-2-4-14-6;3-2(4,5)1(6)7/h1-5H,(H,15,16,17);(H,6,7). The summed E-state index contributed by atoms with van der Waals surface area (Å²) in [5.41, 5.74) is -0.912. The van der Waals surface area contributed by atoms with Crippen molar-refractivity contribution in [2.45, 2.75) is 12.4 Å². The molecule has 2 aromatic heterocycles. The Morgan fingerprint density at radius 1 is 1.12 bits per heavy atom.